The van der Waals surface area contributed by atoms with Crippen molar-refractivity contribution in [3.63, 3.8) is 0 Å². The molecule has 1 heterocycles. The zero-order valence-electron chi connectivity index (χ0n) is 11.8. The van der Waals surface area contributed by atoms with Crippen LogP contribution < -0.4 is 10.2 Å². The molecule has 0 spiro atoms. The minimum Gasteiger partial charge on any atom is -0.358 e. The summed E-state index contributed by atoms with van der Waals surface area (Å²) in [6.07, 6.45) is 4.04. The number of hydrogen-bond acceptors (Lipinski definition) is 6. The zero-order chi connectivity index (χ0) is 13.4. The largest absolute Gasteiger partial charge is 0.358 e. The van der Waals surface area contributed by atoms with E-state index in [1.807, 2.05) is 21.1 Å². The summed E-state index contributed by atoms with van der Waals surface area (Å²) >= 11 is 0. The number of anilines is 2. The van der Waals surface area contributed by atoms with Crippen LogP contribution in [0.5, 0.6) is 0 Å². The van der Waals surface area contributed by atoms with Crippen molar-refractivity contribution in [2.75, 3.05) is 51.0 Å². The summed E-state index contributed by atoms with van der Waals surface area (Å²) in [6, 6.07) is 0. The van der Waals surface area contributed by atoms with Crippen LogP contribution in [0.15, 0.2) is 6.20 Å². The molecule has 0 aliphatic heterocycles. The molecule has 6 nitrogen and oxygen atoms in total. The number of rotatable bonds is 8. The van der Waals surface area contributed by atoms with Crippen LogP contribution in [0.3, 0.4) is 0 Å². The summed E-state index contributed by atoms with van der Waals surface area (Å²) in [5, 5.41) is 11.1. The highest BCUT2D eigenvalue weighted by Gasteiger charge is 2.04. The lowest BCUT2D eigenvalue weighted by Gasteiger charge is -2.17. The first-order valence-corrected chi connectivity index (χ1v) is 6.43. The predicted octanol–water partition coefficient (Wildman–Crippen LogP) is 1.08. The van der Waals surface area contributed by atoms with Crippen molar-refractivity contribution in [2.24, 2.45) is 0 Å². The number of aromatic nitrogens is 3. The summed E-state index contributed by atoms with van der Waals surface area (Å²) in [7, 11) is 6.11. The fraction of sp³-hybridized carbons (Fsp3) is 0.750. The quantitative estimate of drug-likeness (QED) is 0.747. The molecule has 0 fully saturated rings. The van der Waals surface area contributed by atoms with Gasteiger partial charge in [-0.05, 0) is 20.5 Å². The van der Waals surface area contributed by atoms with Crippen LogP contribution in [0.2, 0.25) is 0 Å². The molecular weight excluding hydrogens is 228 g/mol. The van der Waals surface area contributed by atoms with Gasteiger partial charge in [-0.1, -0.05) is 13.3 Å². The van der Waals surface area contributed by atoms with Gasteiger partial charge in [-0.3, -0.25) is 0 Å². The molecule has 0 amide bonds. The van der Waals surface area contributed by atoms with Crippen LogP contribution in [0.25, 0.3) is 0 Å². The van der Waals surface area contributed by atoms with Crippen molar-refractivity contribution in [3.8, 4) is 0 Å². The van der Waals surface area contributed by atoms with Gasteiger partial charge in [0.05, 0.1) is 6.20 Å². The summed E-state index contributed by atoms with van der Waals surface area (Å²) in [6.45, 7) is 4.93. The molecular formula is C12H24N6. The number of unbranched alkanes of at least 4 members (excludes halogenated alkanes) is 1. The third-order valence-electron chi connectivity index (χ3n) is 2.63. The lowest BCUT2D eigenvalue weighted by Crippen LogP contribution is -2.23. The molecule has 6 heteroatoms. The van der Waals surface area contributed by atoms with Crippen LogP contribution in [0, 0.1) is 0 Å². The molecule has 102 valence electrons. The van der Waals surface area contributed by atoms with Gasteiger partial charge in [-0.2, -0.15) is 10.1 Å². The standard InChI is InChI=1S/C12H24N6/c1-5-6-8-18(4)11-10-14-16-12(15-11)13-7-9-17(2)3/h10H,5-9H2,1-4H3,(H,13,15,16). The van der Waals surface area contributed by atoms with E-state index < -0.39 is 0 Å². The van der Waals surface area contributed by atoms with Crippen molar-refractivity contribution in [1.29, 1.82) is 0 Å². The Labute approximate surface area is 109 Å². The lowest BCUT2D eigenvalue weighted by atomic mass is 10.3. The molecule has 1 aromatic rings. The van der Waals surface area contributed by atoms with Crippen molar-refractivity contribution in [1.82, 2.24) is 20.1 Å². The second-order valence-corrected chi connectivity index (χ2v) is 4.64. The van der Waals surface area contributed by atoms with Crippen LogP contribution in [-0.4, -0.2) is 60.9 Å². The summed E-state index contributed by atoms with van der Waals surface area (Å²) in [5.74, 6) is 1.46. The fourth-order valence-electron chi connectivity index (χ4n) is 1.45. The van der Waals surface area contributed by atoms with Gasteiger partial charge in [0.2, 0.25) is 5.95 Å². The van der Waals surface area contributed by atoms with E-state index in [-0.39, 0.29) is 0 Å². The maximum atomic E-state index is 4.45. The topological polar surface area (TPSA) is 57.2 Å². The first kappa shape index (κ1) is 14.6. The second kappa shape index (κ2) is 7.81. The summed E-state index contributed by atoms with van der Waals surface area (Å²) in [5.41, 5.74) is 0. The monoisotopic (exact) mass is 252 g/mol. The molecule has 0 aromatic carbocycles. The zero-order valence-corrected chi connectivity index (χ0v) is 11.8. The molecule has 1 aromatic heterocycles. The summed E-state index contributed by atoms with van der Waals surface area (Å²) < 4.78 is 0. The van der Waals surface area contributed by atoms with Gasteiger partial charge in [-0.25, -0.2) is 0 Å². The molecule has 0 saturated heterocycles. The number of likely N-dealkylation sites (N-methyl/N-ethyl adjacent to an activating group) is 1. The van der Waals surface area contributed by atoms with Crippen molar-refractivity contribution in [3.05, 3.63) is 6.20 Å². The van der Waals surface area contributed by atoms with Gasteiger partial charge < -0.3 is 15.1 Å². The maximum absolute atomic E-state index is 4.45. The minimum absolute atomic E-state index is 0.595. The average molecular weight is 252 g/mol. The Morgan fingerprint density at radius 3 is 2.67 bits per heavy atom. The number of hydrogen-bond donors (Lipinski definition) is 1. The predicted molar refractivity (Wildman–Crippen MR) is 75.0 cm³/mol. The molecule has 0 aliphatic rings. The van der Waals surface area contributed by atoms with Crippen LogP contribution in [0.4, 0.5) is 11.8 Å². The van der Waals surface area contributed by atoms with Gasteiger partial charge in [0.25, 0.3) is 0 Å². The normalized spacial score (nSPS) is 10.7. The SMILES string of the molecule is CCCCN(C)c1cnnc(NCCN(C)C)n1. The molecule has 0 saturated carbocycles. The molecule has 1 N–H and O–H groups in total. The van der Waals surface area contributed by atoms with Gasteiger partial charge in [0, 0.05) is 26.7 Å². The molecule has 0 unspecified atom stereocenters. The highest BCUT2D eigenvalue weighted by Crippen LogP contribution is 2.09. The first-order valence-electron chi connectivity index (χ1n) is 6.43. The van der Waals surface area contributed by atoms with Crippen LogP contribution in [0.1, 0.15) is 19.8 Å². The van der Waals surface area contributed by atoms with E-state index in [0.717, 1.165) is 31.9 Å². The highest BCUT2D eigenvalue weighted by molar-refractivity contribution is 5.39. The highest BCUT2D eigenvalue weighted by atomic mass is 15.3. The Balaban J connectivity index is 2.50. The first-order chi connectivity index (χ1) is 8.63. The minimum atomic E-state index is 0.595. The summed E-state index contributed by atoms with van der Waals surface area (Å²) in [4.78, 5) is 8.66. The smallest absolute Gasteiger partial charge is 0.244 e. The van der Waals surface area contributed by atoms with E-state index in [1.165, 1.54) is 6.42 Å². The molecule has 0 bridgehead atoms. The van der Waals surface area contributed by atoms with E-state index in [2.05, 4.69) is 37.2 Å². The van der Waals surface area contributed by atoms with Crippen LogP contribution >= 0.6 is 0 Å². The molecule has 0 atom stereocenters. The molecule has 0 aliphatic carbocycles. The van der Waals surface area contributed by atoms with E-state index in [1.54, 1.807) is 6.20 Å². The van der Waals surface area contributed by atoms with E-state index in [4.69, 9.17) is 0 Å². The maximum Gasteiger partial charge on any atom is 0.244 e. The third-order valence-corrected chi connectivity index (χ3v) is 2.63. The van der Waals surface area contributed by atoms with Crippen LogP contribution in [-0.2, 0) is 0 Å². The van der Waals surface area contributed by atoms with Crippen molar-refractivity contribution in [2.45, 2.75) is 19.8 Å². The molecule has 1 rings (SSSR count). The number of nitrogens with one attached hydrogen (secondary N) is 1. The van der Waals surface area contributed by atoms with Crippen molar-refractivity contribution >= 4 is 11.8 Å². The number of nitrogens with zero attached hydrogens (tertiary/aromatic N) is 5. The third kappa shape index (κ3) is 5.27. The second-order valence-electron chi connectivity index (χ2n) is 4.64. The molecule has 0 radical (unpaired) electrons. The van der Waals surface area contributed by atoms with E-state index >= 15 is 0 Å². The fourth-order valence-corrected chi connectivity index (χ4v) is 1.45. The lowest BCUT2D eigenvalue weighted by molar-refractivity contribution is 0.425. The Morgan fingerprint density at radius 1 is 1.22 bits per heavy atom. The van der Waals surface area contributed by atoms with Gasteiger partial charge >= 0.3 is 0 Å². The van der Waals surface area contributed by atoms with Gasteiger partial charge in [-0.15, -0.1) is 5.10 Å². The van der Waals surface area contributed by atoms with Gasteiger partial charge in [0.15, 0.2) is 5.82 Å². The molecule has 18 heavy (non-hydrogen) atoms. The van der Waals surface area contributed by atoms with E-state index in [9.17, 15) is 0 Å². The van der Waals surface area contributed by atoms with Crippen molar-refractivity contribution < 1.29 is 0 Å². The Hall–Kier alpha value is -1.43. The average Bonchev–Trinajstić information content (AvgIpc) is 2.36. The Bertz CT molecular complexity index is 341. The Kier molecular flexibility index (Phi) is 6.35. The van der Waals surface area contributed by atoms with Gasteiger partial charge in [0.1, 0.15) is 0 Å². The Morgan fingerprint density at radius 2 is 2.00 bits per heavy atom. The van der Waals surface area contributed by atoms with E-state index in [0.29, 0.717) is 5.95 Å².